The van der Waals surface area contributed by atoms with Crippen LogP contribution in [0.25, 0.3) is 0 Å². The molecule has 3 atom stereocenters. The molecule has 118 valence electrons. The summed E-state index contributed by atoms with van der Waals surface area (Å²) in [6, 6.07) is 0. The van der Waals surface area contributed by atoms with E-state index in [1.165, 1.54) is 51.7 Å². The highest BCUT2D eigenvalue weighted by Gasteiger charge is 2.42. The van der Waals surface area contributed by atoms with Crippen molar-refractivity contribution in [3.63, 3.8) is 0 Å². The number of hydrogen-bond acceptors (Lipinski definition) is 3. The minimum absolute atomic E-state index is 0.260. The molecule has 3 nitrogen and oxygen atoms in total. The zero-order valence-corrected chi connectivity index (χ0v) is 14.1. The zero-order chi connectivity index (χ0) is 14.8. The molecule has 1 aliphatic heterocycles. The van der Waals surface area contributed by atoms with Gasteiger partial charge in [-0.15, -0.1) is 0 Å². The molecule has 1 saturated carbocycles. The van der Waals surface area contributed by atoms with Gasteiger partial charge < -0.3 is 10.6 Å². The molecule has 0 aromatic rings. The van der Waals surface area contributed by atoms with Crippen LogP contribution in [0, 0.1) is 17.8 Å². The number of likely N-dealkylation sites (tertiary alicyclic amines) is 1. The highest BCUT2D eigenvalue weighted by molar-refractivity contribution is 4.99. The molecule has 2 rings (SSSR count). The van der Waals surface area contributed by atoms with E-state index in [-0.39, 0.29) is 5.54 Å². The number of nitrogens with two attached hydrogens (primary N) is 1. The van der Waals surface area contributed by atoms with Gasteiger partial charge in [0.05, 0.1) is 0 Å². The van der Waals surface area contributed by atoms with Gasteiger partial charge in [0, 0.05) is 18.6 Å². The molecule has 0 aromatic carbocycles. The van der Waals surface area contributed by atoms with E-state index in [0.29, 0.717) is 0 Å². The van der Waals surface area contributed by atoms with Gasteiger partial charge in [-0.3, -0.25) is 4.90 Å². The number of likely N-dealkylation sites (N-methyl/N-ethyl adjacent to an activating group) is 1. The molecule has 20 heavy (non-hydrogen) atoms. The Morgan fingerprint density at radius 1 is 1.20 bits per heavy atom. The summed E-state index contributed by atoms with van der Waals surface area (Å²) in [4.78, 5) is 5.10. The van der Waals surface area contributed by atoms with Gasteiger partial charge in [-0.25, -0.2) is 0 Å². The van der Waals surface area contributed by atoms with Gasteiger partial charge in [-0.1, -0.05) is 13.8 Å². The van der Waals surface area contributed by atoms with Gasteiger partial charge in [-0.05, 0) is 77.0 Å². The van der Waals surface area contributed by atoms with Crippen molar-refractivity contribution >= 4 is 0 Å². The van der Waals surface area contributed by atoms with E-state index in [1.807, 2.05) is 0 Å². The van der Waals surface area contributed by atoms with Crippen LogP contribution < -0.4 is 5.73 Å². The molecule has 3 unspecified atom stereocenters. The van der Waals surface area contributed by atoms with E-state index < -0.39 is 0 Å². The predicted molar refractivity (Wildman–Crippen MR) is 86.8 cm³/mol. The summed E-state index contributed by atoms with van der Waals surface area (Å²) in [7, 11) is 4.57. The van der Waals surface area contributed by atoms with Gasteiger partial charge in [0.15, 0.2) is 0 Å². The van der Waals surface area contributed by atoms with E-state index in [9.17, 15) is 0 Å². The Bertz CT molecular complexity index is 299. The first-order valence-corrected chi connectivity index (χ1v) is 8.57. The van der Waals surface area contributed by atoms with Gasteiger partial charge >= 0.3 is 0 Å². The molecular weight excluding hydrogens is 246 g/mol. The third kappa shape index (κ3) is 3.37. The monoisotopic (exact) mass is 281 g/mol. The molecule has 2 N–H and O–H groups in total. The summed E-state index contributed by atoms with van der Waals surface area (Å²) < 4.78 is 0. The van der Waals surface area contributed by atoms with Crippen molar-refractivity contribution in [1.29, 1.82) is 0 Å². The SMILES string of the molecule is CC1CCC(CN)(N(C)CC2CCN(C)CC2)C(C)C1. The lowest BCUT2D eigenvalue weighted by Crippen LogP contribution is -2.59. The van der Waals surface area contributed by atoms with E-state index in [0.717, 1.165) is 24.3 Å². The maximum atomic E-state index is 6.25. The van der Waals surface area contributed by atoms with Crippen molar-refractivity contribution in [2.75, 3.05) is 40.3 Å². The number of nitrogens with zero attached hydrogens (tertiary/aromatic N) is 2. The molecule has 0 amide bonds. The fraction of sp³-hybridized carbons (Fsp3) is 1.00. The molecule has 2 fully saturated rings. The van der Waals surface area contributed by atoms with Crippen LogP contribution in [-0.2, 0) is 0 Å². The van der Waals surface area contributed by atoms with Crippen molar-refractivity contribution in [2.45, 2.75) is 51.5 Å². The first kappa shape index (κ1) is 16.3. The fourth-order valence-corrected chi connectivity index (χ4v) is 4.52. The second kappa shape index (κ2) is 6.76. The molecule has 2 aliphatic rings. The van der Waals surface area contributed by atoms with Crippen molar-refractivity contribution in [1.82, 2.24) is 9.80 Å². The Balaban J connectivity index is 1.96. The van der Waals surface area contributed by atoms with E-state index in [2.05, 4.69) is 37.7 Å². The Labute approximate surface area is 125 Å². The minimum atomic E-state index is 0.260. The van der Waals surface area contributed by atoms with Crippen molar-refractivity contribution in [3.05, 3.63) is 0 Å². The topological polar surface area (TPSA) is 32.5 Å². The van der Waals surface area contributed by atoms with Crippen LogP contribution >= 0.6 is 0 Å². The molecular formula is C17H35N3. The van der Waals surface area contributed by atoms with Gasteiger partial charge in [0.2, 0.25) is 0 Å². The number of rotatable bonds is 4. The summed E-state index contributed by atoms with van der Waals surface area (Å²) in [6.07, 6.45) is 6.68. The normalized spacial score (nSPS) is 37.5. The third-order valence-electron chi connectivity index (χ3n) is 6.23. The summed E-state index contributed by atoms with van der Waals surface area (Å²) in [5, 5.41) is 0. The molecule has 1 aliphatic carbocycles. The summed E-state index contributed by atoms with van der Waals surface area (Å²) in [5.74, 6) is 2.47. The van der Waals surface area contributed by atoms with Crippen LogP contribution in [0.2, 0.25) is 0 Å². The molecule has 1 heterocycles. The van der Waals surface area contributed by atoms with E-state index in [4.69, 9.17) is 5.73 Å². The average molecular weight is 281 g/mol. The lowest BCUT2D eigenvalue weighted by atomic mass is 9.69. The standard InChI is InChI=1S/C17H35N3/c1-14-5-8-17(13-18,15(2)11-14)20(4)12-16-6-9-19(3)10-7-16/h14-16H,5-13,18H2,1-4H3. The molecule has 0 spiro atoms. The Hall–Kier alpha value is -0.120. The molecule has 3 heteroatoms. The van der Waals surface area contributed by atoms with Crippen molar-refractivity contribution in [3.8, 4) is 0 Å². The maximum Gasteiger partial charge on any atom is 0.0354 e. The first-order valence-electron chi connectivity index (χ1n) is 8.57. The smallest absolute Gasteiger partial charge is 0.0354 e. The summed E-state index contributed by atoms with van der Waals surface area (Å²) >= 11 is 0. The first-order chi connectivity index (χ1) is 9.48. The Kier molecular flexibility index (Phi) is 5.49. The number of piperidine rings is 1. The Morgan fingerprint density at radius 2 is 1.85 bits per heavy atom. The average Bonchev–Trinajstić information content (AvgIpc) is 2.42. The zero-order valence-electron chi connectivity index (χ0n) is 14.1. The highest BCUT2D eigenvalue weighted by atomic mass is 15.2. The highest BCUT2D eigenvalue weighted by Crippen LogP contribution is 2.40. The Morgan fingerprint density at radius 3 is 2.40 bits per heavy atom. The summed E-state index contributed by atoms with van der Waals surface area (Å²) in [5.41, 5.74) is 6.51. The van der Waals surface area contributed by atoms with Crippen LogP contribution in [0.5, 0.6) is 0 Å². The predicted octanol–water partition coefficient (Wildman–Crippen LogP) is 2.41. The molecule has 0 aromatic heterocycles. The minimum Gasteiger partial charge on any atom is -0.329 e. The second-order valence-corrected chi connectivity index (χ2v) is 7.72. The second-order valence-electron chi connectivity index (χ2n) is 7.72. The fourth-order valence-electron chi connectivity index (χ4n) is 4.52. The van der Waals surface area contributed by atoms with Crippen LogP contribution in [0.15, 0.2) is 0 Å². The van der Waals surface area contributed by atoms with Gasteiger partial charge in [-0.2, -0.15) is 0 Å². The van der Waals surface area contributed by atoms with E-state index in [1.54, 1.807) is 0 Å². The lowest BCUT2D eigenvalue weighted by molar-refractivity contribution is 0.00275. The van der Waals surface area contributed by atoms with Gasteiger partial charge in [0.25, 0.3) is 0 Å². The lowest BCUT2D eigenvalue weighted by Gasteiger charge is -2.51. The largest absolute Gasteiger partial charge is 0.329 e. The summed E-state index contributed by atoms with van der Waals surface area (Å²) in [6.45, 7) is 9.41. The van der Waals surface area contributed by atoms with Crippen LogP contribution in [-0.4, -0.2) is 55.6 Å². The molecule has 0 bridgehead atoms. The third-order valence-corrected chi connectivity index (χ3v) is 6.23. The van der Waals surface area contributed by atoms with Crippen LogP contribution in [0.4, 0.5) is 0 Å². The number of hydrogen-bond donors (Lipinski definition) is 1. The quantitative estimate of drug-likeness (QED) is 0.859. The van der Waals surface area contributed by atoms with Crippen molar-refractivity contribution in [2.24, 2.45) is 23.5 Å². The molecule has 1 saturated heterocycles. The molecule has 0 radical (unpaired) electrons. The van der Waals surface area contributed by atoms with Gasteiger partial charge in [0.1, 0.15) is 0 Å². The van der Waals surface area contributed by atoms with E-state index >= 15 is 0 Å². The van der Waals surface area contributed by atoms with Crippen molar-refractivity contribution < 1.29 is 0 Å². The maximum absolute atomic E-state index is 6.25. The van der Waals surface area contributed by atoms with Crippen LogP contribution in [0.3, 0.4) is 0 Å². The van der Waals surface area contributed by atoms with Crippen LogP contribution in [0.1, 0.15) is 46.0 Å².